The highest BCUT2D eigenvalue weighted by molar-refractivity contribution is 14.1. The van der Waals surface area contributed by atoms with Crippen LogP contribution in [-0.4, -0.2) is 14.5 Å². The van der Waals surface area contributed by atoms with Crippen molar-refractivity contribution in [1.29, 1.82) is 0 Å². The van der Waals surface area contributed by atoms with E-state index in [-0.39, 0.29) is 5.92 Å². The van der Waals surface area contributed by atoms with Crippen molar-refractivity contribution in [2.75, 3.05) is 0 Å². The molecule has 3 heterocycles. The Labute approximate surface area is 279 Å². The van der Waals surface area contributed by atoms with Gasteiger partial charge in [0.25, 0.3) is 0 Å². The lowest BCUT2D eigenvalue weighted by molar-refractivity contribution is 0.760. The second-order valence-electron chi connectivity index (χ2n) is 11.8. The van der Waals surface area contributed by atoms with E-state index in [9.17, 15) is 0 Å². The molecule has 0 radical (unpaired) electrons. The van der Waals surface area contributed by atoms with Crippen LogP contribution in [0.3, 0.4) is 0 Å². The Morgan fingerprint density at radius 1 is 0.778 bits per heavy atom. The summed E-state index contributed by atoms with van der Waals surface area (Å²) in [5.41, 5.74) is 8.60. The number of allylic oxidation sites excluding steroid dienone is 5. The van der Waals surface area contributed by atoms with Gasteiger partial charge < -0.3 is 0 Å². The first-order valence-corrected chi connectivity index (χ1v) is 17.3. The van der Waals surface area contributed by atoms with Crippen molar-refractivity contribution in [3.8, 4) is 17.1 Å². The molecule has 0 fully saturated rings. The van der Waals surface area contributed by atoms with Gasteiger partial charge >= 0.3 is 0 Å². The summed E-state index contributed by atoms with van der Waals surface area (Å²) >= 11 is 4.47. The Balaban J connectivity index is 1.07. The van der Waals surface area contributed by atoms with E-state index in [0.29, 0.717) is 5.92 Å². The van der Waals surface area contributed by atoms with Crippen LogP contribution in [-0.2, 0) is 0 Å². The molecule has 2 aliphatic carbocycles. The lowest BCUT2D eigenvalue weighted by Crippen LogP contribution is -2.09. The van der Waals surface area contributed by atoms with E-state index in [2.05, 4.69) is 155 Å². The number of fused-ring (bicyclic) bond motifs is 6. The van der Waals surface area contributed by atoms with E-state index >= 15 is 0 Å². The molecule has 0 N–H and O–H groups in total. The van der Waals surface area contributed by atoms with E-state index in [4.69, 9.17) is 9.97 Å². The zero-order valence-corrected chi connectivity index (χ0v) is 27.4. The zero-order valence-electron chi connectivity index (χ0n) is 24.4. The molecule has 0 bridgehead atoms. The van der Waals surface area contributed by atoms with Gasteiger partial charge in [0.15, 0.2) is 0 Å². The Morgan fingerprint density at radius 3 is 2.47 bits per heavy atom. The summed E-state index contributed by atoms with van der Waals surface area (Å²) in [5.74, 6) is 1.35. The standard InChI is InChI=1S/C40H28IN3S/c41-38-28(25-9-2-1-3-10-25)21-22-35-37(38)32-12-4-6-15-34(32)44(35)40-42-24-23-33(43-40)27-19-17-26(18-20-27)29-13-8-14-31-30-11-5-7-16-36(30)45-39(29)31/h1-12,14-19,21-24,27,29H,13,20H2. The molecule has 0 aliphatic heterocycles. The lowest BCUT2D eigenvalue weighted by Gasteiger charge is -2.24. The normalized spacial score (nSPS) is 17.7. The summed E-state index contributed by atoms with van der Waals surface area (Å²) < 4.78 is 4.85. The van der Waals surface area contributed by atoms with Crippen molar-refractivity contribution in [2.45, 2.75) is 24.7 Å². The molecule has 0 amide bonds. The number of thiophene rings is 1. The van der Waals surface area contributed by atoms with Crippen molar-refractivity contribution >= 4 is 71.9 Å². The summed E-state index contributed by atoms with van der Waals surface area (Å²) in [6, 6.07) is 34.6. The summed E-state index contributed by atoms with van der Waals surface area (Å²) in [4.78, 5) is 11.5. The fraction of sp³-hybridized carbons (Fsp3) is 0.100. The number of para-hydroxylation sites is 1. The fourth-order valence-corrected chi connectivity index (χ4v) is 9.49. The maximum absolute atomic E-state index is 5.21. The van der Waals surface area contributed by atoms with E-state index in [1.54, 1.807) is 0 Å². The van der Waals surface area contributed by atoms with Crippen LogP contribution in [0, 0.1) is 3.57 Å². The van der Waals surface area contributed by atoms with Crippen LogP contribution in [0.15, 0.2) is 133 Å². The van der Waals surface area contributed by atoms with Gasteiger partial charge in [0, 0.05) is 42.0 Å². The van der Waals surface area contributed by atoms with Crippen LogP contribution in [0.4, 0.5) is 0 Å². The molecule has 2 aliphatic rings. The van der Waals surface area contributed by atoms with Crippen LogP contribution in [0.5, 0.6) is 0 Å². The molecule has 7 aromatic rings. The zero-order chi connectivity index (χ0) is 29.9. The average Bonchev–Trinajstić information content (AvgIpc) is 3.65. The molecule has 3 aromatic heterocycles. The van der Waals surface area contributed by atoms with Gasteiger partial charge in [-0.25, -0.2) is 9.97 Å². The lowest BCUT2D eigenvalue weighted by atomic mass is 9.82. The second kappa shape index (κ2) is 10.9. The quantitative estimate of drug-likeness (QED) is 0.170. The number of benzene rings is 4. The van der Waals surface area contributed by atoms with E-state index in [0.717, 1.165) is 35.5 Å². The summed E-state index contributed by atoms with van der Waals surface area (Å²) in [6.07, 6.45) is 15.7. The predicted octanol–water partition coefficient (Wildman–Crippen LogP) is 11.2. The summed E-state index contributed by atoms with van der Waals surface area (Å²) in [6.45, 7) is 0. The Kier molecular flexibility index (Phi) is 6.56. The van der Waals surface area contributed by atoms with Crippen LogP contribution in [0.25, 0.3) is 55.0 Å². The van der Waals surface area contributed by atoms with Crippen molar-refractivity contribution < 1.29 is 0 Å². The van der Waals surface area contributed by atoms with E-state index < -0.39 is 0 Å². The molecule has 5 heteroatoms. The third kappa shape index (κ3) is 4.43. The van der Waals surface area contributed by atoms with Crippen LogP contribution >= 0.6 is 33.9 Å². The van der Waals surface area contributed by atoms with Crippen molar-refractivity contribution in [3.63, 3.8) is 0 Å². The topological polar surface area (TPSA) is 30.7 Å². The first-order chi connectivity index (χ1) is 22.2. The molecule has 9 rings (SSSR count). The molecule has 3 nitrogen and oxygen atoms in total. The first-order valence-electron chi connectivity index (χ1n) is 15.4. The summed E-state index contributed by atoms with van der Waals surface area (Å²) in [7, 11) is 0. The maximum Gasteiger partial charge on any atom is 0.234 e. The smallest absolute Gasteiger partial charge is 0.234 e. The Hall–Kier alpha value is -4.33. The van der Waals surface area contributed by atoms with Gasteiger partial charge in [-0.05, 0) is 87.3 Å². The third-order valence-electron chi connectivity index (χ3n) is 9.27. The maximum atomic E-state index is 5.21. The molecule has 0 saturated carbocycles. The Bertz CT molecular complexity index is 2360. The minimum atomic E-state index is 0.217. The highest BCUT2D eigenvalue weighted by atomic mass is 127. The van der Waals surface area contributed by atoms with Gasteiger partial charge in [0.05, 0.1) is 16.7 Å². The van der Waals surface area contributed by atoms with Crippen molar-refractivity contribution in [3.05, 3.63) is 153 Å². The van der Waals surface area contributed by atoms with Gasteiger partial charge in [-0.3, -0.25) is 4.57 Å². The van der Waals surface area contributed by atoms with Gasteiger partial charge in [-0.15, -0.1) is 11.3 Å². The number of hydrogen-bond donors (Lipinski definition) is 0. The van der Waals surface area contributed by atoms with Gasteiger partial charge in [-0.2, -0.15) is 0 Å². The molecular formula is C40H28IN3S. The second-order valence-corrected chi connectivity index (χ2v) is 14.0. The van der Waals surface area contributed by atoms with E-state index in [1.807, 2.05) is 17.5 Å². The predicted molar refractivity (Wildman–Crippen MR) is 197 cm³/mol. The highest BCUT2D eigenvalue weighted by Crippen LogP contribution is 2.46. The largest absolute Gasteiger partial charge is 0.278 e. The Morgan fingerprint density at radius 2 is 1.60 bits per heavy atom. The molecule has 216 valence electrons. The van der Waals surface area contributed by atoms with Crippen LogP contribution in [0.1, 0.15) is 40.8 Å². The SMILES string of the molecule is Ic1c(-c2ccccc2)ccc2c1c1ccccc1n2-c1nccc(C2C=CC(C3CC=Cc4c3sc3ccccc43)=CC2)n1. The number of rotatable bonds is 4. The van der Waals surface area contributed by atoms with Crippen LogP contribution < -0.4 is 0 Å². The van der Waals surface area contributed by atoms with Gasteiger partial charge in [0.1, 0.15) is 0 Å². The molecule has 0 saturated heterocycles. The molecular weight excluding hydrogens is 681 g/mol. The highest BCUT2D eigenvalue weighted by Gasteiger charge is 2.26. The monoisotopic (exact) mass is 709 g/mol. The molecule has 0 spiro atoms. The fourth-order valence-electron chi connectivity index (χ4n) is 7.10. The third-order valence-corrected chi connectivity index (χ3v) is 11.7. The van der Waals surface area contributed by atoms with Crippen molar-refractivity contribution in [1.82, 2.24) is 14.5 Å². The summed E-state index contributed by atoms with van der Waals surface area (Å²) in [5, 5.41) is 3.84. The number of hydrogen-bond acceptors (Lipinski definition) is 3. The molecule has 4 aromatic carbocycles. The number of aromatic nitrogens is 3. The first kappa shape index (κ1) is 27.0. The van der Waals surface area contributed by atoms with E-state index in [1.165, 1.54) is 51.6 Å². The van der Waals surface area contributed by atoms with Gasteiger partial charge in [0.2, 0.25) is 5.95 Å². The molecule has 2 atom stereocenters. The minimum Gasteiger partial charge on any atom is -0.278 e. The molecule has 45 heavy (non-hydrogen) atoms. The number of nitrogens with zero attached hydrogens (tertiary/aromatic N) is 3. The minimum absolute atomic E-state index is 0.217. The van der Waals surface area contributed by atoms with Crippen LogP contribution in [0.2, 0.25) is 0 Å². The van der Waals surface area contributed by atoms with Crippen molar-refractivity contribution in [2.24, 2.45) is 0 Å². The van der Waals surface area contributed by atoms with Gasteiger partial charge in [-0.1, -0.05) is 103 Å². The molecule has 2 unspecified atom stereocenters. The average molecular weight is 710 g/mol. The number of halogens is 1.